The summed E-state index contributed by atoms with van der Waals surface area (Å²) in [5, 5.41) is 3.05. The fourth-order valence-electron chi connectivity index (χ4n) is 4.68. The molecule has 0 atom stereocenters. The Balaban J connectivity index is 0.000000181. The molecule has 43 heavy (non-hydrogen) atoms. The Labute approximate surface area is 254 Å². The van der Waals surface area contributed by atoms with Gasteiger partial charge in [-0.3, -0.25) is 9.59 Å². The lowest BCUT2D eigenvalue weighted by Crippen LogP contribution is -2.41. The zero-order chi connectivity index (χ0) is 31.4. The maximum absolute atomic E-state index is 13.2. The number of benzene rings is 2. The number of nitrogens with one attached hydrogen (secondary N) is 1. The summed E-state index contributed by atoms with van der Waals surface area (Å²) in [5.41, 5.74) is 1.60. The number of carbonyl (C=O) groups is 2. The van der Waals surface area contributed by atoms with Crippen molar-refractivity contribution in [2.45, 2.75) is 77.3 Å². The maximum Gasteiger partial charge on any atom is 0.586 e. The fraction of sp³-hybridized carbons (Fsp3) is 0.387. The molecule has 6 rings (SSSR count). The Morgan fingerprint density at radius 3 is 2.07 bits per heavy atom. The molecule has 2 aromatic carbocycles. The molecule has 8 nitrogen and oxygen atoms in total. The number of Topliss-reactive ketones (excluding diaryl/α,β-unsaturated/α-hetero) is 1. The molecule has 226 valence electrons. The zero-order valence-corrected chi connectivity index (χ0v) is 25.5. The molecule has 1 saturated heterocycles. The summed E-state index contributed by atoms with van der Waals surface area (Å²) in [7, 11) is -0.365. The fourth-order valence-corrected chi connectivity index (χ4v) is 4.84. The van der Waals surface area contributed by atoms with Gasteiger partial charge in [0.05, 0.1) is 16.6 Å². The van der Waals surface area contributed by atoms with Crippen LogP contribution in [0.2, 0.25) is 5.15 Å². The number of aromatic nitrogens is 1. The number of nitrogens with zero attached hydrogens (tertiary/aromatic N) is 1. The van der Waals surface area contributed by atoms with Gasteiger partial charge < -0.3 is 24.1 Å². The van der Waals surface area contributed by atoms with Crippen molar-refractivity contribution < 1.29 is 37.2 Å². The highest BCUT2D eigenvalue weighted by atomic mass is 35.5. The van der Waals surface area contributed by atoms with E-state index in [1.165, 1.54) is 12.1 Å². The van der Waals surface area contributed by atoms with Gasteiger partial charge in [0.25, 0.3) is 0 Å². The van der Waals surface area contributed by atoms with Gasteiger partial charge in [-0.25, -0.2) is 4.98 Å². The largest absolute Gasteiger partial charge is 0.586 e. The summed E-state index contributed by atoms with van der Waals surface area (Å²) < 4.78 is 47.0. The van der Waals surface area contributed by atoms with E-state index in [1.807, 2.05) is 58.9 Å². The van der Waals surface area contributed by atoms with Crippen molar-refractivity contribution in [2.75, 3.05) is 5.32 Å². The predicted octanol–water partition coefficient (Wildman–Crippen LogP) is 6.22. The van der Waals surface area contributed by atoms with Crippen LogP contribution < -0.4 is 20.3 Å². The summed E-state index contributed by atoms with van der Waals surface area (Å²) >= 11 is 5.97. The van der Waals surface area contributed by atoms with E-state index in [-0.39, 0.29) is 41.5 Å². The van der Waals surface area contributed by atoms with Crippen LogP contribution in [-0.4, -0.2) is 41.3 Å². The van der Waals surface area contributed by atoms with Crippen molar-refractivity contribution in [3.05, 3.63) is 76.4 Å². The number of anilines is 1. The Kier molecular flexibility index (Phi) is 7.82. The molecule has 1 N–H and O–H groups in total. The number of alkyl halides is 2. The number of hydrogen-bond donors (Lipinski definition) is 1. The summed E-state index contributed by atoms with van der Waals surface area (Å²) in [6.07, 6.45) is -2.47. The molecule has 0 spiro atoms. The van der Waals surface area contributed by atoms with Gasteiger partial charge in [0.15, 0.2) is 17.3 Å². The van der Waals surface area contributed by atoms with Crippen molar-refractivity contribution in [2.24, 2.45) is 0 Å². The van der Waals surface area contributed by atoms with Crippen molar-refractivity contribution in [1.29, 1.82) is 0 Å². The van der Waals surface area contributed by atoms with Crippen LogP contribution in [0.15, 0.2) is 54.6 Å². The molecule has 3 aromatic rings. The van der Waals surface area contributed by atoms with Crippen molar-refractivity contribution in [1.82, 2.24) is 4.98 Å². The van der Waals surface area contributed by atoms with Gasteiger partial charge in [-0.2, -0.15) is 0 Å². The number of rotatable bonds is 5. The molecule has 0 radical (unpaired) electrons. The normalized spacial score (nSPS) is 19.7. The third kappa shape index (κ3) is 6.25. The molecule has 0 unspecified atom stereocenters. The number of ketones is 1. The Morgan fingerprint density at radius 2 is 1.51 bits per heavy atom. The lowest BCUT2D eigenvalue weighted by Gasteiger charge is -2.32. The van der Waals surface area contributed by atoms with Gasteiger partial charge in [0.1, 0.15) is 11.0 Å². The van der Waals surface area contributed by atoms with Crippen molar-refractivity contribution in [3.8, 4) is 11.5 Å². The number of amides is 1. The molecular formula is C31H32BClF2N2O6. The summed E-state index contributed by atoms with van der Waals surface area (Å²) in [5.74, 6) is 0.0372. The van der Waals surface area contributed by atoms with Crippen LogP contribution in [0.1, 0.15) is 68.9 Å². The highest BCUT2D eigenvalue weighted by molar-refractivity contribution is 6.62. The van der Waals surface area contributed by atoms with Crippen LogP contribution >= 0.6 is 11.6 Å². The first-order valence-corrected chi connectivity index (χ1v) is 14.2. The predicted molar refractivity (Wildman–Crippen MR) is 158 cm³/mol. The minimum atomic E-state index is -3.68. The Hall–Kier alpha value is -3.54. The molecule has 1 saturated carbocycles. The van der Waals surface area contributed by atoms with Crippen molar-refractivity contribution in [3.63, 3.8) is 0 Å². The minimum Gasteiger partial charge on any atom is -0.399 e. The van der Waals surface area contributed by atoms with Gasteiger partial charge in [-0.05, 0) is 89.2 Å². The first kappa shape index (κ1) is 30.9. The second-order valence-electron chi connectivity index (χ2n) is 11.9. The van der Waals surface area contributed by atoms with E-state index in [0.29, 0.717) is 34.9 Å². The van der Waals surface area contributed by atoms with E-state index in [2.05, 4.69) is 19.8 Å². The smallest absolute Gasteiger partial charge is 0.399 e. The number of hydrogen-bond acceptors (Lipinski definition) is 7. The van der Waals surface area contributed by atoms with Crippen LogP contribution in [0, 0.1) is 6.92 Å². The number of carbonyl (C=O) groups excluding carboxylic acids is 2. The van der Waals surface area contributed by atoms with E-state index in [4.69, 9.17) is 20.9 Å². The second kappa shape index (κ2) is 10.9. The molecule has 3 aliphatic rings. The van der Waals surface area contributed by atoms with Gasteiger partial charge in [0, 0.05) is 5.56 Å². The average molecular weight is 613 g/mol. The topological polar surface area (TPSA) is 96.0 Å². The SMILES string of the molecule is CC(=O)c1ccc(B2OC(C)(C)C(C)(C)O2)cc1.Cc1ccc(NC(=O)C2(c3ccc4c(c3)OC(F)(F)O4)CC2)nc1Cl. The van der Waals surface area contributed by atoms with Gasteiger partial charge >= 0.3 is 13.4 Å². The van der Waals surface area contributed by atoms with Gasteiger partial charge in [-0.15, -0.1) is 8.78 Å². The molecule has 1 aliphatic carbocycles. The quantitative estimate of drug-likeness (QED) is 0.208. The molecular weight excluding hydrogens is 581 g/mol. The maximum atomic E-state index is 13.2. The molecule has 2 aliphatic heterocycles. The molecule has 1 amide bonds. The Bertz CT molecular complexity index is 1560. The zero-order valence-electron chi connectivity index (χ0n) is 24.7. The van der Waals surface area contributed by atoms with E-state index >= 15 is 0 Å². The highest BCUT2D eigenvalue weighted by Crippen LogP contribution is 2.52. The first-order chi connectivity index (χ1) is 20.0. The van der Waals surface area contributed by atoms with Gasteiger partial charge in [0.2, 0.25) is 5.91 Å². The number of halogens is 3. The van der Waals surface area contributed by atoms with Crippen LogP contribution in [0.25, 0.3) is 0 Å². The molecule has 3 heterocycles. The van der Waals surface area contributed by atoms with Crippen LogP contribution in [0.3, 0.4) is 0 Å². The van der Waals surface area contributed by atoms with E-state index in [1.54, 1.807) is 25.1 Å². The third-order valence-electron chi connectivity index (χ3n) is 8.26. The average Bonchev–Trinajstić information content (AvgIpc) is 3.62. The summed E-state index contributed by atoms with van der Waals surface area (Å²) in [6.45, 7) is 11.5. The van der Waals surface area contributed by atoms with Crippen LogP contribution in [-0.2, 0) is 19.5 Å². The lowest BCUT2D eigenvalue weighted by molar-refractivity contribution is -0.286. The number of fused-ring (bicyclic) bond motifs is 1. The van der Waals surface area contributed by atoms with E-state index < -0.39 is 11.7 Å². The minimum absolute atomic E-state index is 0.0445. The third-order valence-corrected chi connectivity index (χ3v) is 8.64. The number of ether oxygens (including phenoxy) is 2. The second-order valence-corrected chi connectivity index (χ2v) is 12.3. The molecule has 12 heteroatoms. The van der Waals surface area contributed by atoms with Crippen molar-refractivity contribution >= 4 is 41.7 Å². The van der Waals surface area contributed by atoms with Crippen LogP contribution in [0.4, 0.5) is 14.6 Å². The number of pyridine rings is 1. The molecule has 0 bridgehead atoms. The standard InChI is InChI=1S/C17H13ClF2N2O3.C14H19BO3/c1-9-2-5-13(21-14(9)18)22-15(23)16(6-7-16)10-3-4-11-12(8-10)25-17(19,20)24-11;1-10(16)11-6-8-12(9-7-11)15-17-13(2,3)14(4,5)18-15/h2-5,8H,6-7H2,1H3,(H,21,22,23);6-9H,1-5H3. The monoisotopic (exact) mass is 612 g/mol. The van der Waals surface area contributed by atoms with E-state index in [0.717, 1.165) is 11.0 Å². The first-order valence-electron chi connectivity index (χ1n) is 13.8. The highest BCUT2D eigenvalue weighted by Gasteiger charge is 2.53. The van der Waals surface area contributed by atoms with Crippen LogP contribution in [0.5, 0.6) is 11.5 Å². The molecule has 2 fully saturated rings. The lowest BCUT2D eigenvalue weighted by atomic mass is 9.79. The Morgan fingerprint density at radius 1 is 0.907 bits per heavy atom. The number of aryl methyl sites for hydroxylation is 1. The molecule has 1 aromatic heterocycles. The summed E-state index contributed by atoms with van der Waals surface area (Å²) in [4.78, 5) is 28.0. The summed E-state index contributed by atoms with van der Waals surface area (Å²) in [6, 6.07) is 15.2. The van der Waals surface area contributed by atoms with Gasteiger partial charge in [-0.1, -0.05) is 48.0 Å². The van der Waals surface area contributed by atoms with E-state index in [9.17, 15) is 18.4 Å².